The van der Waals surface area contributed by atoms with Crippen LogP contribution in [0.15, 0.2) is 53.8 Å². The Kier molecular flexibility index (Phi) is 3.00. The van der Waals surface area contributed by atoms with Crippen LogP contribution in [0.3, 0.4) is 0 Å². The third-order valence-corrected chi connectivity index (χ3v) is 5.65. The van der Waals surface area contributed by atoms with E-state index in [1.807, 2.05) is 11.3 Å². The third kappa shape index (κ3) is 2.14. The fraction of sp³-hybridized carbons (Fsp3) is 0.263. The van der Waals surface area contributed by atoms with Gasteiger partial charge in [-0.25, -0.2) is 0 Å². The number of allylic oxidation sites excluding steroid dienone is 3. The van der Waals surface area contributed by atoms with E-state index in [0.29, 0.717) is 12.0 Å². The topological polar surface area (TPSA) is 12.0 Å². The first-order valence-electron chi connectivity index (χ1n) is 7.55. The van der Waals surface area contributed by atoms with E-state index in [9.17, 15) is 0 Å². The molecule has 1 aromatic carbocycles. The number of hydrogen-bond acceptors (Lipinski definition) is 2. The average Bonchev–Trinajstić information content (AvgIpc) is 2.89. The zero-order chi connectivity index (χ0) is 14.4. The highest BCUT2D eigenvalue weighted by atomic mass is 32.1. The lowest BCUT2D eigenvalue weighted by Crippen LogP contribution is -2.24. The second-order valence-corrected chi connectivity index (χ2v) is 7.13. The van der Waals surface area contributed by atoms with Crippen molar-refractivity contribution in [3.63, 3.8) is 0 Å². The van der Waals surface area contributed by atoms with Gasteiger partial charge in [-0.3, -0.25) is 0 Å². The summed E-state index contributed by atoms with van der Waals surface area (Å²) in [5.74, 6) is 0.502. The maximum absolute atomic E-state index is 3.52. The predicted octanol–water partition coefficient (Wildman–Crippen LogP) is 5.22. The van der Waals surface area contributed by atoms with Gasteiger partial charge >= 0.3 is 0 Å². The van der Waals surface area contributed by atoms with E-state index >= 15 is 0 Å². The molecule has 0 amide bonds. The highest BCUT2D eigenvalue weighted by molar-refractivity contribution is 7.20. The standard InChI is InChI=1S/C19H19NS/c1-12-7-8-14-9-15(13(2)20-11-12)10-18-19(14)16-5-3-4-6-17(16)21-18/h3-8,10-11,13-14,20H,9H2,1-2H3/b8-7?,12-11-/t13-,14?/m1/s1. The van der Waals surface area contributed by atoms with Crippen molar-refractivity contribution in [1.29, 1.82) is 0 Å². The minimum atomic E-state index is 0.403. The summed E-state index contributed by atoms with van der Waals surface area (Å²) in [6, 6.07) is 9.21. The minimum absolute atomic E-state index is 0.403. The van der Waals surface area contributed by atoms with Gasteiger partial charge < -0.3 is 5.32 Å². The summed E-state index contributed by atoms with van der Waals surface area (Å²) < 4.78 is 1.41. The molecule has 2 atom stereocenters. The fourth-order valence-electron chi connectivity index (χ4n) is 3.30. The van der Waals surface area contributed by atoms with Crippen LogP contribution in [0.1, 0.15) is 36.6 Å². The molecule has 1 aliphatic carbocycles. The lowest BCUT2D eigenvalue weighted by atomic mass is 9.83. The summed E-state index contributed by atoms with van der Waals surface area (Å²) in [6.07, 6.45) is 10.3. The highest BCUT2D eigenvalue weighted by Gasteiger charge is 2.26. The van der Waals surface area contributed by atoms with Crippen molar-refractivity contribution in [2.45, 2.75) is 32.2 Å². The number of rotatable bonds is 0. The van der Waals surface area contributed by atoms with E-state index in [-0.39, 0.29) is 0 Å². The molecule has 0 spiro atoms. The summed E-state index contributed by atoms with van der Waals surface area (Å²) in [7, 11) is 0. The first-order chi connectivity index (χ1) is 10.2. The van der Waals surface area contributed by atoms with E-state index in [2.05, 4.69) is 67.9 Å². The summed E-state index contributed by atoms with van der Waals surface area (Å²) in [5, 5.41) is 4.95. The lowest BCUT2D eigenvalue weighted by molar-refractivity contribution is 0.669. The molecule has 1 aliphatic heterocycles. The Balaban J connectivity index is 1.96. The molecule has 106 valence electrons. The van der Waals surface area contributed by atoms with Crippen LogP contribution in [0, 0.1) is 0 Å². The van der Waals surface area contributed by atoms with Crippen LogP contribution in [0.5, 0.6) is 0 Å². The molecule has 2 heteroatoms. The van der Waals surface area contributed by atoms with E-state index in [0.717, 1.165) is 6.42 Å². The van der Waals surface area contributed by atoms with Crippen molar-refractivity contribution in [2.75, 3.05) is 0 Å². The number of nitrogens with one attached hydrogen (secondary N) is 1. The minimum Gasteiger partial charge on any atom is -0.384 e. The van der Waals surface area contributed by atoms with E-state index < -0.39 is 0 Å². The molecule has 0 fully saturated rings. The Morgan fingerprint density at radius 1 is 1.24 bits per heavy atom. The maximum atomic E-state index is 3.52. The summed E-state index contributed by atoms with van der Waals surface area (Å²) in [6.45, 7) is 4.42. The fourth-order valence-corrected chi connectivity index (χ4v) is 4.56. The van der Waals surface area contributed by atoms with Gasteiger partial charge in [0.15, 0.2) is 0 Å². The Hall–Kier alpha value is -1.80. The second kappa shape index (κ2) is 4.88. The molecule has 2 aliphatic rings. The van der Waals surface area contributed by atoms with Crippen LogP contribution >= 0.6 is 11.3 Å². The SMILES string of the molecule is C/C1=C/N[C@H](C)C2=Cc3sc4ccccc4c3C(C=C1)C2. The molecule has 0 saturated carbocycles. The zero-order valence-corrected chi connectivity index (χ0v) is 13.2. The molecule has 0 saturated heterocycles. The first kappa shape index (κ1) is 12.9. The molecule has 1 aromatic heterocycles. The second-order valence-electron chi connectivity index (χ2n) is 6.04. The van der Waals surface area contributed by atoms with Gasteiger partial charge in [-0.05, 0) is 60.7 Å². The van der Waals surface area contributed by atoms with E-state index in [1.165, 1.54) is 31.7 Å². The smallest absolute Gasteiger partial charge is 0.0443 e. The van der Waals surface area contributed by atoms with Crippen molar-refractivity contribution < 1.29 is 0 Å². The molecular weight excluding hydrogens is 274 g/mol. The molecule has 4 rings (SSSR count). The third-order valence-electron chi connectivity index (χ3n) is 4.51. The van der Waals surface area contributed by atoms with Gasteiger partial charge in [-0.1, -0.05) is 30.4 Å². The number of fused-ring (bicyclic) bond motifs is 6. The summed E-state index contributed by atoms with van der Waals surface area (Å²) in [5.41, 5.74) is 4.32. The van der Waals surface area contributed by atoms with Crippen molar-refractivity contribution >= 4 is 27.5 Å². The van der Waals surface area contributed by atoms with Crippen molar-refractivity contribution in [2.24, 2.45) is 0 Å². The monoisotopic (exact) mass is 293 g/mol. The number of thiophene rings is 1. The molecule has 2 aromatic rings. The predicted molar refractivity (Wildman–Crippen MR) is 92.7 cm³/mol. The maximum Gasteiger partial charge on any atom is 0.0443 e. The van der Waals surface area contributed by atoms with Gasteiger partial charge in [-0.15, -0.1) is 11.3 Å². The van der Waals surface area contributed by atoms with Gasteiger partial charge in [0.1, 0.15) is 0 Å². The van der Waals surface area contributed by atoms with E-state index in [1.54, 1.807) is 0 Å². The average molecular weight is 293 g/mol. The molecule has 21 heavy (non-hydrogen) atoms. The van der Waals surface area contributed by atoms with Gasteiger partial charge in [0.2, 0.25) is 0 Å². The first-order valence-corrected chi connectivity index (χ1v) is 8.37. The van der Waals surface area contributed by atoms with Crippen LogP contribution in [0.2, 0.25) is 0 Å². The van der Waals surface area contributed by atoms with Crippen molar-refractivity contribution in [3.05, 3.63) is 64.2 Å². The van der Waals surface area contributed by atoms with Crippen LogP contribution in [-0.4, -0.2) is 6.04 Å². The normalized spacial score (nSPS) is 26.8. The quantitative estimate of drug-likeness (QED) is 0.702. The van der Waals surface area contributed by atoms with Gasteiger partial charge in [0, 0.05) is 21.5 Å². The van der Waals surface area contributed by atoms with Crippen molar-refractivity contribution in [1.82, 2.24) is 5.32 Å². The van der Waals surface area contributed by atoms with Gasteiger partial charge in [0.05, 0.1) is 0 Å². The summed E-state index contributed by atoms with van der Waals surface area (Å²) >= 11 is 1.93. The van der Waals surface area contributed by atoms with E-state index in [4.69, 9.17) is 0 Å². The highest BCUT2D eigenvalue weighted by Crippen LogP contribution is 2.44. The van der Waals surface area contributed by atoms with Crippen LogP contribution < -0.4 is 5.32 Å². The van der Waals surface area contributed by atoms with Crippen LogP contribution in [0.25, 0.3) is 16.2 Å². The molecule has 1 N–H and O–H groups in total. The Morgan fingerprint density at radius 3 is 3.00 bits per heavy atom. The molecular formula is C19H19NS. The Bertz CT molecular complexity index is 791. The zero-order valence-electron chi connectivity index (χ0n) is 12.4. The molecule has 2 bridgehead atoms. The summed E-state index contributed by atoms with van der Waals surface area (Å²) in [4.78, 5) is 1.44. The molecule has 1 nitrogen and oxygen atoms in total. The molecule has 2 heterocycles. The van der Waals surface area contributed by atoms with Crippen LogP contribution in [0.4, 0.5) is 0 Å². The van der Waals surface area contributed by atoms with Gasteiger partial charge in [0.25, 0.3) is 0 Å². The Morgan fingerprint density at radius 2 is 2.10 bits per heavy atom. The lowest BCUT2D eigenvalue weighted by Gasteiger charge is -2.25. The molecule has 1 unspecified atom stereocenters. The van der Waals surface area contributed by atoms with Crippen molar-refractivity contribution in [3.8, 4) is 0 Å². The number of benzene rings is 1. The number of hydrogen-bond donors (Lipinski definition) is 1. The van der Waals surface area contributed by atoms with Crippen LogP contribution in [-0.2, 0) is 0 Å². The Labute approximate surface area is 129 Å². The van der Waals surface area contributed by atoms with Gasteiger partial charge in [-0.2, -0.15) is 0 Å². The molecule has 0 radical (unpaired) electrons. The largest absolute Gasteiger partial charge is 0.384 e.